The Bertz CT molecular complexity index is 455. The average Bonchev–Trinajstić information content (AvgIpc) is 2.88. The standard InChI is InChI=1S/C15H21FN2O.ClH/c1-11(9-12-5-2-3-7-14(12)16)15(19)18-8-4-6-13(18)10-17;/h2-3,5,7,11,13H,4,6,8-10,17H2,1H3;1H. The highest BCUT2D eigenvalue weighted by Crippen LogP contribution is 2.21. The number of rotatable bonds is 4. The van der Waals surface area contributed by atoms with Gasteiger partial charge in [-0.05, 0) is 30.9 Å². The van der Waals surface area contributed by atoms with Crippen molar-refractivity contribution < 1.29 is 9.18 Å². The quantitative estimate of drug-likeness (QED) is 0.928. The van der Waals surface area contributed by atoms with Crippen LogP contribution >= 0.6 is 12.4 Å². The maximum absolute atomic E-state index is 13.6. The highest BCUT2D eigenvalue weighted by Gasteiger charge is 2.30. The fourth-order valence-corrected chi connectivity index (χ4v) is 2.74. The van der Waals surface area contributed by atoms with Gasteiger partial charge in [-0.1, -0.05) is 25.1 Å². The molecule has 1 heterocycles. The van der Waals surface area contributed by atoms with Crippen molar-refractivity contribution in [2.45, 2.75) is 32.2 Å². The number of halogens is 2. The number of nitrogens with zero attached hydrogens (tertiary/aromatic N) is 1. The van der Waals surface area contributed by atoms with Gasteiger partial charge < -0.3 is 10.6 Å². The van der Waals surface area contributed by atoms with Crippen LogP contribution in [0.15, 0.2) is 24.3 Å². The smallest absolute Gasteiger partial charge is 0.226 e. The van der Waals surface area contributed by atoms with Crippen LogP contribution in [0.2, 0.25) is 0 Å². The first-order valence-electron chi connectivity index (χ1n) is 6.87. The van der Waals surface area contributed by atoms with Crippen molar-refractivity contribution >= 4 is 18.3 Å². The van der Waals surface area contributed by atoms with Gasteiger partial charge in [0.1, 0.15) is 5.82 Å². The Morgan fingerprint density at radius 2 is 2.20 bits per heavy atom. The summed E-state index contributed by atoms with van der Waals surface area (Å²) in [5.41, 5.74) is 6.29. The van der Waals surface area contributed by atoms with Crippen molar-refractivity contribution in [1.29, 1.82) is 0 Å². The zero-order valence-corrected chi connectivity index (χ0v) is 12.5. The van der Waals surface area contributed by atoms with Crippen LogP contribution in [0.3, 0.4) is 0 Å². The molecule has 1 amide bonds. The SMILES string of the molecule is CC(Cc1ccccc1F)C(=O)N1CCCC1CN.Cl. The predicted molar refractivity (Wildman–Crippen MR) is 80.3 cm³/mol. The summed E-state index contributed by atoms with van der Waals surface area (Å²) in [5.74, 6) is -0.348. The van der Waals surface area contributed by atoms with Gasteiger partial charge in [0.05, 0.1) is 0 Å². The number of benzene rings is 1. The van der Waals surface area contributed by atoms with E-state index in [0.29, 0.717) is 18.5 Å². The normalized spacial score (nSPS) is 19.6. The molecule has 0 saturated carbocycles. The molecule has 0 aliphatic carbocycles. The van der Waals surface area contributed by atoms with Gasteiger partial charge >= 0.3 is 0 Å². The molecular weight excluding hydrogens is 279 g/mol. The van der Waals surface area contributed by atoms with E-state index in [-0.39, 0.29) is 36.1 Å². The first-order valence-corrected chi connectivity index (χ1v) is 6.87. The van der Waals surface area contributed by atoms with E-state index in [1.54, 1.807) is 18.2 Å². The molecule has 2 unspecified atom stereocenters. The summed E-state index contributed by atoms with van der Waals surface area (Å²) < 4.78 is 13.6. The molecule has 112 valence electrons. The minimum Gasteiger partial charge on any atom is -0.338 e. The topological polar surface area (TPSA) is 46.3 Å². The van der Waals surface area contributed by atoms with Crippen molar-refractivity contribution in [3.05, 3.63) is 35.6 Å². The van der Waals surface area contributed by atoms with Crippen molar-refractivity contribution in [2.75, 3.05) is 13.1 Å². The number of likely N-dealkylation sites (tertiary alicyclic amines) is 1. The van der Waals surface area contributed by atoms with Crippen LogP contribution in [0, 0.1) is 11.7 Å². The Morgan fingerprint density at radius 3 is 2.85 bits per heavy atom. The Balaban J connectivity index is 0.00000200. The maximum atomic E-state index is 13.6. The molecule has 2 rings (SSSR count). The Kier molecular flexibility index (Phi) is 6.43. The van der Waals surface area contributed by atoms with Gasteiger partial charge in [-0.2, -0.15) is 0 Å². The highest BCUT2D eigenvalue weighted by atomic mass is 35.5. The van der Waals surface area contributed by atoms with Gasteiger partial charge in [0.15, 0.2) is 0 Å². The molecule has 1 aromatic carbocycles. The van der Waals surface area contributed by atoms with E-state index >= 15 is 0 Å². The summed E-state index contributed by atoms with van der Waals surface area (Å²) in [6, 6.07) is 6.80. The van der Waals surface area contributed by atoms with E-state index in [2.05, 4.69) is 0 Å². The zero-order chi connectivity index (χ0) is 13.8. The van der Waals surface area contributed by atoms with Gasteiger partial charge in [0.25, 0.3) is 0 Å². The second-order valence-electron chi connectivity index (χ2n) is 5.26. The Hall–Kier alpha value is -1.13. The van der Waals surface area contributed by atoms with Crippen molar-refractivity contribution in [1.82, 2.24) is 4.90 Å². The molecule has 0 aromatic heterocycles. The molecule has 1 aliphatic rings. The van der Waals surface area contributed by atoms with E-state index in [1.807, 2.05) is 11.8 Å². The van der Waals surface area contributed by atoms with E-state index in [4.69, 9.17) is 5.73 Å². The van der Waals surface area contributed by atoms with E-state index in [1.165, 1.54) is 6.07 Å². The van der Waals surface area contributed by atoms with Crippen LogP contribution in [0.4, 0.5) is 4.39 Å². The van der Waals surface area contributed by atoms with Crippen LogP contribution in [-0.2, 0) is 11.2 Å². The molecule has 2 atom stereocenters. The molecule has 1 fully saturated rings. The summed E-state index contributed by atoms with van der Waals surface area (Å²) in [6.07, 6.45) is 2.44. The number of amides is 1. The number of carbonyl (C=O) groups excluding carboxylic acids is 1. The third-order valence-corrected chi connectivity index (χ3v) is 3.84. The molecule has 3 nitrogen and oxygen atoms in total. The summed E-state index contributed by atoms with van der Waals surface area (Å²) in [5, 5.41) is 0. The van der Waals surface area contributed by atoms with Gasteiger partial charge in [-0.25, -0.2) is 4.39 Å². The first-order chi connectivity index (χ1) is 9.13. The monoisotopic (exact) mass is 300 g/mol. The van der Waals surface area contributed by atoms with Gasteiger partial charge in [0, 0.05) is 25.0 Å². The largest absolute Gasteiger partial charge is 0.338 e. The molecule has 5 heteroatoms. The zero-order valence-electron chi connectivity index (χ0n) is 11.7. The maximum Gasteiger partial charge on any atom is 0.226 e. The highest BCUT2D eigenvalue weighted by molar-refractivity contribution is 5.85. The number of hydrogen-bond donors (Lipinski definition) is 1. The predicted octanol–water partition coefficient (Wildman–Crippen LogP) is 2.38. The minimum atomic E-state index is -0.237. The molecule has 0 spiro atoms. The third-order valence-electron chi connectivity index (χ3n) is 3.84. The van der Waals surface area contributed by atoms with Crippen molar-refractivity contribution in [2.24, 2.45) is 11.7 Å². The number of carbonyl (C=O) groups is 1. The number of hydrogen-bond acceptors (Lipinski definition) is 2. The first kappa shape index (κ1) is 16.9. The molecule has 1 saturated heterocycles. The van der Waals surface area contributed by atoms with Gasteiger partial charge in [0.2, 0.25) is 5.91 Å². The fraction of sp³-hybridized carbons (Fsp3) is 0.533. The molecule has 0 radical (unpaired) electrons. The average molecular weight is 301 g/mol. The van der Waals surface area contributed by atoms with Gasteiger partial charge in [-0.15, -0.1) is 12.4 Å². The summed E-state index contributed by atoms with van der Waals surface area (Å²) in [6.45, 7) is 3.15. The van der Waals surface area contributed by atoms with Crippen LogP contribution in [0.5, 0.6) is 0 Å². The minimum absolute atomic E-state index is 0. The number of nitrogens with two attached hydrogens (primary N) is 1. The van der Waals surface area contributed by atoms with Crippen LogP contribution in [0.1, 0.15) is 25.3 Å². The lowest BCUT2D eigenvalue weighted by molar-refractivity contribution is -0.135. The summed E-state index contributed by atoms with van der Waals surface area (Å²) in [7, 11) is 0. The molecule has 0 bridgehead atoms. The second-order valence-corrected chi connectivity index (χ2v) is 5.26. The summed E-state index contributed by atoms with van der Waals surface area (Å²) >= 11 is 0. The fourth-order valence-electron chi connectivity index (χ4n) is 2.74. The molecule has 2 N–H and O–H groups in total. The summed E-state index contributed by atoms with van der Waals surface area (Å²) in [4.78, 5) is 14.2. The van der Waals surface area contributed by atoms with E-state index in [0.717, 1.165) is 19.4 Å². The third kappa shape index (κ3) is 3.70. The molecule has 1 aliphatic heterocycles. The lowest BCUT2D eigenvalue weighted by Gasteiger charge is -2.26. The Labute approximate surface area is 125 Å². The second kappa shape index (κ2) is 7.60. The lowest BCUT2D eigenvalue weighted by Crippen LogP contribution is -2.42. The Morgan fingerprint density at radius 1 is 1.50 bits per heavy atom. The van der Waals surface area contributed by atoms with E-state index < -0.39 is 0 Å². The van der Waals surface area contributed by atoms with Crippen molar-refractivity contribution in [3.8, 4) is 0 Å². The van der Waals surface area contributed by atoms with Gasteiger partial charge in [-0.3, -0.25) is 4.79 Å². The van der Waals surface area contributed by atoms with Crippen LogP contribution in [0.25, 0.3) is 0 Å². The molecule has 1 aromatic rings. The molecular formula is C15H22ClFN2O. The van der Waals surface area contributed by atoms with Crippen LogP contribution in [-0.4, -0.2) is 29.9 Å². The molecule has 20 heavy (non-hydrogen) atoms. The van der Waals surface area contributed by atoms with Crippen molar-refractivity contribution in [3.63, 3.8) is 0 Å². The van der Waals surface area contributed by atoms with Crippen LogP contribution < -0.4 is 5.73 Å². The lowest BCUT2D eigenvalue weighted by atomic mass is 9.99. The van der Waals surface area contributed by atoms with E-state index in [9.17, 15) is 9.18 Å².